The minimum Gasteiger partial charge on any atom is -0.452 e. The van der Waals surface area contributed by atoms with Gasteiger partial charge in [-0.25, -0.2) is 4.79 Å². The number of halogens is 4. The Hall–Kier alpha value is -2.74. The van der Waals surface area contributed by atoms with Crippen molar-refractivity contribution in [3.05, 3.63) is 58.6 Å². The first kappa shape index (κ1) is 19.6. The quantitative estimate of drug-likeness (QED) is 0.756. The number of benzene rings is 2. The van der Waals surface area contributed by atoms with Crippen LogP contribution in [0.5, 0.6) is 0 Å². The average molecular weight is 387 g/mol. The maximum Gasteiger partial charge on any atom is 0.418 e. The Kier molecular flexibility index (Phi) is 6.10. The van der Waals surface area contributed by atoms with E-state index in [1.54, 1.807) is 25.2 Å². The van der Waals surface area contributed by atoms with Crippen molar-refractivity contribution in [1.29, 1.82) is 0 Å². The second-order valence-corrected chi connectivity index (χ2v) is 5.54. The summed E-state index contributed by atoms with van der Waals surface area (Å²) in [5.41, 5.74) is -0.871. The van der Waals surface area contributed by atoms with Crippen molar-refractivity contribution in [2.24, 2.45) is 0 Å². The van der Waals surface area contributed by atoms with Crippen molar-refractivity contribution in [2.45, 2.75) is 6.18 Å². The summed E-state index contributed by atoms with van der Waals surface area (Å²) in [6.07, 6.45) is -4.70. The SMILES string of the molecule is CNc1ccccc1C(=O)OCC(=O)Nc1ccc(Cl)cc1C(F)(F)F. The smallest absolute Gasteiger partial charge is 0.418 e. The van der Waals surface area contributed by atoms with Crippen LogP contribution in [0.25, 0.3) is 0 Å². The number of para-hydroxylation sites is 1. The largest absolute Gasteiger partial charge is 0.452 e. The summed E-state index contributed by atoms with van der Waals surface area (Å²) < 4.78 is 43.8. The third-order valence-electron chi connectivity index (χ3n) is 3.31. The summed E-state index contributed by atoms with van der Waals surface area (Å²) in [4.78, 5) is 23.9. The first-order valence-corrected chi connectivity index (χ1v) is 7.70. The molecule has 0 aliphatic heterocycles. The molecule has 0 bridgehead atoms. The minimum atomic E-state index is -4.70. The molecular weight excluding hydrogens is 373 g/mol. The van der Waals surface area contributed by atoms with Gasteiger partial charge in [0, 0.05) is 17.8 Å². The molecule has 0 aromatic heterocycles. The van der Waals surface area contributed by atoms with Crippen molar-refractivity contribution < 1.29 is 27.5 Å². The van der Waals surface area contributed by atoms with Crippen molar-refractivity contribution in [1.82, 2.24) is 0 Å². The molecule has 0 aliphatic rings. The number of esters is 1. The molecule has 0 radical (unpaired) electrons. The molecule has 1 amide bonds. The van der Waals surface area contributed by atoms with Gasteiger partial charge in [0.1, 0.15) is 0 Å². The Bertz CT molecular complexity index is 825. The number of hydrogen-bond donors (Lipinski definition) is 2. The first-order chi connectivity index (χ1) is 12.2. The van der Waals surface area contributed by atoms with Gasteiger partial charge in [-0.2, -0.15) is 13.2 Å². The van der Waals surface area contributed by atoms with Crippen LogP contribution in [0.2, 0.25) is 5.02 Å². The van der Waals surface area contributed by atoms with Gasteiger partial charge in [-0.3, -0.25) is 4.79 Å². The Labute approximate surface area is 152 Å². The van der Waals surface area contributed by atoms with Crippen molar-refractivity contribution in [2.75, 3.05) is 24.3 Å². The maximum absolute atomic E-state index is 13.0. The standard InChI is InChI=1S/C17H14ClF3N2O3/c1-22-13-5-3-2-4-11(13)16(25)26-9-15(24)23-14-7-6-10(18)8-12(14)17(19,20)21/h2-8,22H,9H2,1H3,(H,23,24). The van der Waals surface area contributed by atoms with Crippen molar-refractivity contribution in [3.63, 3.8) is 0 Å². The van der Waals surface area contributed by atoms with E-state index in [9.17, 15) is 22.8 Å². The lowest BCUT2D eigenvalue weighted by Crippen LogP contribution is -2.23. The summed E-state index contributed by atoms with van der Waals surface area (Å²) in [7, 11) is 1.61. The second kappa shape index (κ2) is 8.09. The van der Waals surface area contributed by atoms with E-state index in [4.69, 9.17) is 16.3 Å². The Morgan fingerprint density at radius 1 is 1.12 bits per heavy atom. The van der Waals surface area contributed by atoms with Crippen LogP contribution in [0.1, 0.15) is 15.9 Å². The molecule has 0 atom stereocenters. The number of ether oxygens (including phenoxy) is 1. The zero-order chi connectivity index (χ0) is 19.3. The number of alkyl halides is 3. The lowest BCUT2D eigenvalue weighted by molar-refractivity contribution is -0.137. The van der Waals surface area contributed by atoms with E-state index >= 15 is 0 Å². The number of carbonyl (C=O) groups excluding carboxylic acids is 2. The van der Waals surface area contributed by atoms with Crippen LogP contribution in [0, 0.1) is 0 Å². The zero-order valence-electron chi connectivity index (χ0n) is 13.5. The van der Waals surface area contributed by atoms with Crippen molar-refractivity contribution in [3.8, 4) is 0 Å². The highest BCUT2D eigenvalue weighted by molar-refractivity contribution is 6.30. The highest BCUT2D eigenvalue weighted by atomic mass is 35.5. The van der Waals surface area contributed by atoms with E-state index in [1.165, 1.54) is 12.1 Å². The van der Waals surface area contributed by atoms with Gasteiger partial charge in [0.15, 0.2) is 6.61 Å². The fourth-order valence-electron chi connectivity index (χ4n) is 2.13. The highest BCUT2D eigenvalue weighted by Gasteiger charge is 2.34. The summed E-state index contributed by atoms with van der Waals surface area (Å²) >= 11 is 5.57. The van der Waals surface area contributed by atoms with Gasteiger partial charge in [0.05, 0.1) is 16.8 Å². The predicted molar refractivity (Wildman–Crippen MR) is 91.4 cm³/mol. The molecule has 0 fully saturated rings. The Balaban J connectivity index is 2.05. The third-order valence-corrected chi connectivity index (χ3v) is 3.55. The fourth-order valence-corrected chi connectivity index (χ4v) is 2.31. The van der Waals surface area contributed by atoms with Crippen LogP contribution in [0.4, 0.5) is 24.5 Å². The van der Waals surface area contributed by atoms with E-state index in [-0.39, 0.29) is 10.6 Å². The number of anilines is 2. The molecule has 9 heteroatoms. The Morgan fingerprint density at radius 2 is 1.81 bits per heavy atom. The van der Waals surface area contributed by atoms with Crippen molar-refractivity contribution >= 4 is 34.9 Å². The van der Waals surface area contributed by atoms with E-state index in [0.29, 0.717) is 11.8 Å². The highest BCUT2D eigenvalue weighted by Crippen LogP contribution is 2.36. The molecule has 26 heavy (non-hydrogen) atoms. The molecule has 0 spiro atoms. The molecule has 2 rings (SSSR count). The average Bonchev–Trinajstić information content (AvgIpc) is 2.60. The predicted octanol–water partition coefficient (Wildman–Crippen LogP) is 4.20. The van der Waals surface area contributed by atoms with Crippen LogP contribution in [0.3, 0.4) is 0 Å². The lowest BCUT2D eigenvalue weighted by atomic mass is 10.1. The number of hydrogen-bond acceptors (Lipinski definition) is 4. The molecule has 0 aliphatic carbocycles. The normalized spacial score (nSPS) is 11.0. The molecule has 0 unspecified atom stereocenters. The number of nitrogens with one attached hydrogen (secondary N) is 2. The number of amides is 1. The zero-order valence-corrected chi connectivity index (χ0v) is 14.2. The number of carbonyl (C=O) groups is 2. The summed E-state index contributed by atoms with van der Waals surface area (Å²) in [6, 6.07) is 9.39. The summed E-state index contributed by atoms with van der Waals surface area (Å²) in [5.74, 6) is -1.69. The molecule has 0 saturated heterocycles. The molecule has 5 nitrogen and oxygen atoms in total. The van der Waals surface area contributed by atoms with Crippen LogP contribution in [-0.2, 0) is 15.7 Å². The van der Waals surface area contributed by atoms with Gasteiger partial charge in [-0.05, 0) is 30.3 Å². The van der Waals surface area contributed by atoms with Gasteiger partial charge in [0.25, 0.3) is 5.91 Å². The summed E-state index contributed by atoms with van der Waals surface area (Å²) in [6.45, 7) is -0.739. The van der Waals surface area contributed by atoms with Gasteiger partial charge in [-0.1, -0.05) is 23.7 Å². The molecule has 138 valence electrons. The second-order valence-electron chi connectivity index (χ2n) is 5.11. The molecule has 2 aromatic carbocycles. The van der Waals surface area contributed by atoms with E-state index in [1.807, 2.05) is 0 Å². The van der Waals surface area contributed by atoms with E-state index in [0.717, 1.165) is 6.07 Å². The molecular formula is C17H14ClF3N2O3. The van der Waals surface area contributed by atoms with Crippen LogP contribution in [0.15, 0.2) is 42.5 Å². The van der Waals surface area contributed by atoms with E-state index in [2.05, 4.69) is 10.6 Å². The third kappa shape index (κ3) is 4.89. The first-order valence-electron chi connectivity index (χ1n) is 7.33. The van der Waals surface area contributed by atoms with Crippen LogP contribution < -0.4 is 10.6 Å². The monoisotopic (exact) mass is 386 g/mol. The van der Waals surface area contributed by atoms with Gasteiger partial charge >= 0.3 is 12.1 Å². The minimum absolute atomic E-state index is 0.120. The fraction of sp³-hybridized carbons (Fsp3) is 0.176. The molecule has 2 aromatic rings. The molecule has 2 N–H and O–H groups in total. The topological polar surface area (TPSA) is 67.4 Å². The van der Waals surface area contributed by atoms with Gasteiger partial charge < -0.3 is 15.4 Å². The van der Waals surface area contributed by atoms with Crippen LogP contribution >= 0.6 is 11.6 Å². The van der Waals surface area contributed by atoms with Crippen LogP contribution in [-0.4, -0.2) is 25.5 Å². The molecule has 0 heterocycles. The number of rotatable bonds is 5. The molecule has 0 saturated carbocycles. The van der Waals surface area contributed by atoms with E-state index < -0.39 is 35.9 Å². The van der Waals surface area contributed by atoms with Gasteiger partial charge in [0.2, 0.25) is 0 Å². The van der Waals surface area contributed by atoms with Gasteiger partial charge in [-0.15, -0.1) is 0 Å². The lowest BCUT2D eigenvalue weighted by Gasteiger charge is -2.14. The maximum atomic E-state index is 13.0. The summed E-state index contributed by atoms with van der Waals surface area (Å²) in [5, 5.41) is 4.74. The Morgan fingerprint density at radius 3 is 2.46 bits per heavy atom.